The van der Waals surface area contributed by atoms with Crippen molar-refractivity contribution in [1.29, 1.82) is 0 Å². The molecule has 1 heterocycles. The highest BCUT2D eigenvalue weighted by atomic mass is 35.5. The average molecular weight is 465 g/mol. The molecule has 0 atom stereocenters. The van der Waals surface area contributed by atoms with Gasteiger partial charge in [0.25, 0.3) is 5.91 Å². The number of nitrogens with zero attached hydrogens (tertiary/aromatic N) is 1. The number of hydrogen-bond donors (Lipinski definition) is 1. The molecule has 0 saturated heterocycles. The predicted molar refractivity (Wildman–Crippen MR) is 126 cm³/mol. The minimum absolute atomic E-state index is 0.0880. The van der Waals surface area contributed by atoms with Crippen LogP contribution in [-0.4, -0.2) is 27.1 Å². The maximum Gasteiger partial charge on any atom is 0.261 e. The van der Waals surface area contributed by atoms with Crippen LogP contribution in [-0.2, 0) is 16.6 Å². The number of hydrogen-bond acceptors (Lipinski definition) is 4. The molecule has 2 aromatic carbocycles. The lowest BCUT2D eigenvalue weighted by molar-refractivity contribution is 0.0957. The summed E-state index contributed by atoms with van der Waals surface area (Å²) in [7, 11) is -3.50. The van der Waals surface area contributed by atoms with Crippen molar-refractivity contribution in [2.24, 2.45) is 0 Å². The second-order valence-electron chi connectivity index (χ2n) is 7.19. The van der Waals surface area contributed by atoms with E-state index in [0.29, 0.717) is 22.1 Å². The lowest BCUT2D eigenvalue weighted by Crippen LogP contribution is -2.29. The second kappa shape index (κ2) is 9.81. The Morgan fingerprint density at radius 2 is 1.83 bits per heavy atom. The van der Waals surface area contributed by atoms with Crippen LogP contribution in [0.15, 0.2) is 48.5 Å². The zero-order valence-electron chi connectivity index (χ0n) is 17.0. The minimum Gasteiger partial charge on any atom is -0.351 e. The number of nitrogens with one attached hydrogen (secondary N) is 1. The summed E-state index contributed by atoms with van der Waals surface area (Å²) in [6.07, 6.45) is 4.35. The number of unbranched alkanes of at least 4 members (excludes halogenated alkanes) is 2. The van der Waals surface area contributed by atoms with Crippen LogP contribution in [0.2, 0.25) is 5.02 Å². The van der Waals surface area contributed by atoms with E-state index < -0.39 is 10.0 Å². The summed E-state index contributed by atoms with van der Waals surface area (Å²) in [5.74, 6) is -0.0880. The summed E-state index contributed by atoms with van der Waals surface area (Å²) in [6, 6.07) is 14.4. The SMILES string of the molecule is CCCCCNC(=O)c1cc2cc(N(Cc3ccc(Cl)cc3)S(C)(=O)=O)ccc2s1. The van der Waals surface area contributed by atoms with Crippen LogP contribution in [0, 0.1) is 0 Å². The van der Waals surface area contributed by atoms with Gasteiger partial charge in [-0.2, -0.15) is 0 Å². The lowest BCUT2D eigenvalue weighted by Gasteiger charge is -2.22. The first-order chi connectivity index (χ1) is 14.3. The largest absolute Gasteiger partial charge is 0.351 e. The lowest BCUT2D eigenvalue weighted by atomic mass is 10.2. The molecule has 0 unspecified atom stereocenters. The third kappa shape index (κ3) is 5.74. The van der Waals surface area contributed by atoms with Gasteiger partial charge in [0.05, 0.1) is 23.4 Å². The molecule has 0 fully saturated rings. The van der Waals surface area contributed by atoms with Crippen LogP contribution < -0.4 is 9.62 Å². The summed E-state index contributed by atoms with van der Waals surface area (Å²) in [4.78, 5) is 13.0. The Balaban J connectivity index is 1.84. The first-order valence-electron chi connectivity index (χ1n) is 9.82. The van der Waals surface area contributed by atoms with Crippen LogP contribution in [0.1, 0.15) is 41.4 Å². The summed E-state index contributed by atoms with van der Waals surface area (Å²) >= 11 is 7.34. The number of halogens is 1. The van der Waals surface area contributed by atoms with Gasteiger partial charge in [-0.05, 0) is 53.8 Å². The molecule has 8 heteroatoms. The van der Waals surface area contributed by atoms with Gasteiger partial charge in [0.15, 0.2) is 0 Å². The molecule has 3 rings (SSSR count). The number of amides is 1. The van der Waals surface area contributed by atoms with Gasteiger partial charge in [-0.25, -0.2) is 8.42 Å². The normalized spacial score (nSPS) is 11.6. The topological polar surface area (TPSA) is 66.5 Å². The van der Waals surface area contributed by atoms with Gasteiger partial charge in [-0.15, -0.1) is 11.3 Å². The molecular formula is C22H25ClN2O3S2. The van der Waals surface area contributed by atoms with Crippen LogP contribution in [0.4, 0.5) is 5.69 Å². The number of thiophene rings is 1. The van der Waals surface area contributed by atoms with Gasteiger partial charge in [-0.3, -0.25) is 9.10 Å². The third-order valence-corrected chi connectivity index (χ3v) is 7.22. The molecule has 0 radical (unpaired) electrons. The number of fused-ring (bicyclic) bond motifs is 1. The van der Waals surface area contributed by atoms with Crippen LogP contribution in [0.3, 0.4) is 0 Å². The van der Waals surface area contributed by atoms with Crippen molar-refractivity contribution in [3.63, 3.8) is 0 Å². The Hall–Kier alpha value is -2.09. The van der Waals surface area contributed by atoms with Crippen molar-refractivity contribution in [3.8, 4) is 0 Å². The average Bonchev–Trinajstić information content (AvgIpc) is 3.13. The fourth-order valence-corrected chi connectivity index (χ4v) is 5.08. The molecule has 0 saturated carbocycles. The highest BCUT2D eigenvalue weighted by molar-refractivity contribution is 7.92. The van der Waals surface area contributed by atoms with E-state index in [1.165, 1.54) is 21.9 Å². The van der Waals surface area contributed by atoms with Crippen molar-refractivity contribution in [2.75, 3.05) is 17.1 Å². The van der Waals surface area contributed by atoms with E-state index in [4.69, 9.17) is 11.6 Å². The summed E-state index contributed by atoms with van der Waals surface area (Å²) in [5, 5.41) is 4.40. The highest BCUT2D eigenvalue weighted by Gasteiger charge is 2.19. The number of anilines is 1. The molecule has 1 amide bonds. The van der Waals surface area contributed by atoms with Crippen LogP contribution in [0.5, 0.6) is 0 Å². The number of sulfonamides is 1. The van der Waals surface area contributed by atoms with E-state index in [2.05, 4.69) is 12.2 Å². The summed E-state index contributed by atoms with van der Waals surface area (Å²) in [6.45, 7) is 2.99. The molecule has 1 N–H and O–H groups in total. The summed E-state index contributed by atoms with van der Waals surface area (Å²) in [5.41, 5.74) is 1.40. The zero-order chi connectivity index (χ0) is 21.7. The third-order valence-electron chi connectivity index (χ3n) is 4.72. The van der Waals surface area contributed by atoms with Crippen molar-refractivity contribution in [1.82, 2.24) is 5.32 Å². The van der Waals surface area contributed by atoms with Crippen molar-refractivity contribution in [2.45, 2.75) is 32.7 Å². The number of benzene rings is 2. The Kier molecular flexibility index (Phi) is 7.39. The Labute approximate surface area is 186 Å². The first kappa shape index (κ1) is 22.6. The zero-order valence-corrected chi connectivity index (χ0v) is 19.4. The predicted octanol–water partition coefficient (Wildman–Crippen LogP) is 5.44. The fourth-order valence-electron chi connectivity index (χ4n) is 3.12. The molecule has 0 aliphatic rings. The van der Waals surface area contributed by atoms with Gasteiger partial charge in [0.1, 0.15) is 0 Å². The Morgan fingerprint density at radius 3 is 2.50 bits per heavy atom. The standard InChI is InChI=1S/C22H25ClN2O3S2/c1-3-4-5-12-24-22(26)21-14-17-13-19(10-11-20(17)29-21)25(30(2,27)28)15-16-6-8-18(23)9-7-16/h6-11,13-14H,3-5,12,15H2,1-2H3,(H,24,26). The Morgan fingerprint density at radius 1 is 1.10 bits per heavy atom. The molecular weight excluding hydrogens is 440 g/mol. The molecule has 30 heavy (non-hydrogen) atoms. The second-order valence-corrected chi connectivity index (χ2v) is 10.6. The van der Waals surface area contributed by atoms with Crippen molar-refractivity contribution in [3.05, 3.63) is 64.0 Å². The summed E-state index contributed by atoms with van der Waals surface area (Å²) < 4.78 is 27.2. The number of rotatable bonds is 9. The number of carbonyl (C=O) groups is 1. The quantitative estimate of drug-likeness (QED) is 0.428. The van der Waals surface area contributed by atoms with E-state index in [0.717, 1.165) is 34.9 Å². The molecule has 160 valence electrons. The van der Waals surface area contributed by atoms with Crippen LogP contribution >= 0.6 is 22.9 Å². The van der Waals surface area contributed by atoms with Gasteiger partial charge in [0, 0.05) is 16.3 Å². The van der Waals surface area contributed by atoms with E-state index >= 15 is 0 Å². The Bertz CT molecular complexity index is 1120. The molecule has 3 aromatic rings. The highest BCUT2D eigenvalue weighted by Crippen LogP contribution is 2.31. The fraction of sp³-hybridized carbons (Fsp3) is 0.318. The van der Waals surface area contributed by atoms with Gasteiger partial charge >= 0.3 is 0 Å². The molecule has 1 aromatic heterocycles. The number of carbonyl (C=O) groups excluding carboxylic acids is 1. The smallest absolute Gasteiger partial charge is 0.261 e. The first-order valence-corrected chi connectivity index (χ1v) is 12.9. The minimum atomic E-state index is -3.50. The maximum atomic E-state index is 12.5. The van der Waals surface area contributed by atoms with E-state index in [9.17, 15) is 13.2 Å². The van der Waals surface area contributed by atoms with Gasteiger partial charge in [-0.1, -0.05) is 43.5 Å². The van der Waals surface area contributed by atoms with E-state index in [1.54, 1.807) is 18.2 Å². The molecule has 0 spiro atoms. The monoisotopic (exact) mass is 464 g/mol. The molecule has 5 nitrogen and oxygen atoms in total. The van der Waals surface area contributed by atoms with Gasteiger partial charge < -0.3 is 5.32 Å². The molecule has 0 bridgehead atoms. The van der Waals surface area contributed by atoms with Crippen molar-refractivity contribution < 1.29 is 13.2 Å². The van der Waals surface area contributed by atoms with E-state index in [-0.39, 0.29) is 12.5 Å². The van der Waals surface area contributed by atoms with Gasteiger partial charge in [0.2, 0.25) is 10.0 Å². The van der Waals surface area contributed by atoms with E-state index in [1.807, 2.05) is 30.3 Å². The van der Waals surface area contributed by atoms with Crippen LogP contribution in [0.25, 0.3) is 10.1 Å². The molecule has 0 aliphatic heterocycles. The maximum absolute atomic E-state index is 12.5. The van der Waals surface area contributed by atoms with Crippen molar-refractivity contribution >= 4 is 54.6 Å². The molecule has 0 aliphatic carbocycles.